The maximum Gasteiger partial charge on any atom is 0.271 e. The lowest BCUT2D eigenvalue weighted by Gasteiger charge is -2.30. The second-order valence-electron chi connectivity index (χ2n) is 7.08. The van der Waals surface area contributed by atoms with Gasteiger partial charge in [0.25, 0.3) is 11.6 Å². The molecule has 0 atom stereocenters. The van der Waals surface area contributed by atoms with Gasteiger partial charge in [0.2, 0.25) is 0 Å². The number of hydrogen-bond donors (Lipinski definition) is 0. The van der Waals surface area contributed by atoms with Crippen LogP contribution in [0.25, 0.3) is 6.08 Å². The number of likely N-dealkylation sites (N-methyl/N-ethyl adjacent to an activating group) is 1. The predicted molar refractivity (Wildman–Crippen MR) is 125 cm³/mol. The summed E-state index contributed by atoms with van der Waals surface area (Å²) in [6.45, 7) is 5.31. The van der Waals surface area contributed by atoms with Crippen molar-refractivity contribution in [2.75, 3.05) is 18.0 Å². The quantitative estimate of drug-likeness (QED) is 0.361. The summed E-state index contributed by atoms with van der Waals surface area (Å²) >= 11 is 1.32. The van der Waals surface area contributed by atoms with Gasteiger partial charge in [-0.25, -0.2) is 4.99 Å². The van der Waals surface area contributed by atoms with Crippen molar-refractivity contribution in [2.24, 2.45) is 4.99 Å². The van der Waals surface area contributed by atoms with E-state index in [-0.39, 0.29) is 11.6 Å². The maximum atomic E-state index is 13.3. The van der Waals surface area contributed by atoms with Gasteiger partial charge in [-0.2, -0.15) is 0 Å². The summed E-state index contributed by atoms with van der Waals surface area (Å²) in [6.07, 6.45) is 4.78. The van der Waals surface area contributed by atoms with Crippen molar-refractivity contribution >= 4 is 46.0 Å². The Hall–Kier alpha value is -3.39. The Morgan fingerprint density at radius 1 is 1.06 bits per heavy atom. The summed E-state index contributed by atoms with van der Waals surface area (Å²) in [5, 5.41) is 11.6. The van der Waals surface area contributed by atoms with Crippen LogP contribution in [0.5, 0.6) is 0 Å². The summed E-state index contributed by atoms with van der Waals surface area (Å²) < 4.78 is 0. The number of benzene rings is 2. The minimum Gasteiger partial charge on any atom is -0.340 e. The van der Waals surface area contributed by atoms with Crippen molar-refractivity contribution in [1.82, 2.24) is 4.90 Å². The van der Waals surface area contributed by atoms with Crippen molar-refractivity contribution in [1.29, 1.82) is 0 Å². The van der Waals surface area contributed by atoms with Crippen molar-refractivity contribution in [2.45, 2.75) is 20.3 Å². The number of thioether (sulfide) groups is 1. The number of anilines is 1. The van der Waals surface area contributed by atoms with E-state index in [4.69, 9.17) is 0 Å². The Bertz CT molecular complexity index is 1140. The van der Waals surface area contributed by atoms with Gasteiger partial charge in [0.1, 0.15) is 4.91 Å². The number of aliphatic imine (C=N–C) groups is 1. The monoisotopic (exact) mass is 434 g/mol. The van der Waals surface area contributed by atoms with Crippen molar-refractivity contribution in [3.05, 3.63) is 80.9 Å². The first-order chi connectivity index (χ1) is 15.0. The fourth-order valence-electron chi connectivity index (χ4n) is 3.65. The van der Waals surface area contributed by atoms with E-state index in [0.29, 0.717) is 22.3 Å². The Balaban J connectivity index is 1.77. The number of para-hydroxylation sites is 1. The molecule has 0 N–H and O–H groups in total. The van der Waals surface area contributed by atoms with E-state index in [9.17, 15) is 14.9 Å². The van der Waals surface area contributed by atoms with Crippen LogP contribution >= 0.6 is 11.8 Å². The molecule has 31 heavy (non-hydrogen) atoms. The van der Waals surface area contributed by atoms with Crippen LogP contribution in [-0.2, 0) is 4.79 Å². The van der Waals surface area contributed by atoms with Gasteiger partial charge in [0.15, 0.2) is 5.17 Å². The number of fused-ring (bicyclic) bond motifs is 1. The standard InChI is InChI=1S/C23H22N4O3S/c1-3-14-26-22(28)21(20-13-12-16-8-5-6-11-19(16)25(20)4-2)31-23(26)24-17-9-7-10-18(15-17)27(29)30/h5-13,15H,3-4,14H2,1-2H3/b21-20-,24-23?. The minimum atomic E-state index is -0.447. The molecule has 0 bridgehead atoms. The summed E-state index contributed by atoms with van der Waals surface area (Å²) in [7, 11) is 0. The number of amidine groups is 1. The Labute approximate surface area is 184 Å². The zero-order chi connectivity index (χ0) is 22.0. The molecule has 0 unspecified atom stereocenters. The SMILES string of the molecule is CCCN1C(=O)/C(=C2\C=Cc3ccccc3N2CC)SC1=Nc1cccc([N+](=O)[O-])c1. The van der Waals surface area contributed by atoms with Crippen LogP contribution in [0.1, 0.15) is 25.8 Å². The number of nitro groups is 1. The molecule has 0 radical (unpaired) electrons. The third-order valence-electron chi connectivity index (χ3n) is 5.06. The molecule has 0 aromatic heterocycles. The zero-order valence-corrected chi connectivity index (χ0v) is 18.1. The molecule has 0 saturated carbocycles. The highest BCUT2D eigenvalue weighted by atomic mass is 32.2. The molecule has 1 fully saturated rings. The van der Waals surface area contributed by atoms with Crippen molar-refractivity contribution in [3.63, 3.8) is 0 Å². The molecule has 0 aliphatic carbocycles. The number of allylic oxidation sites excluding steroid dienone is 1. The second kappa shape index (κ2) is 8.77. The van der Waals surface area contributed by atoms with Gasteiger partial charge in [-0.3, -0.25) is 19.8 Å². The average molecular weight is 435 g/mol. The molecule has 2 aromatic carbocycles. The van der Waals surface area contributed by atoms with Crippen molar-refractivity contribution < 1.29 is 9.72 Å². The lowest BCUT2D eigenvalue weighted by atomic mass is 10.1. The number of nitro benzene ring substituents is 1. The fourth-order valence-corrected chi connectivity index (χ4v) is 4.75. The maximum absolute atomic E-state index is 13.3. The van der Waals surface area contributed by atoms with Gasteiger partial charge in [-0.1, -0.05) is 37.3 Å². The van der Waals surface area contributed by atoms with Crippen LogP contribution in [0, 0.1) is 10.1 Å². The number of rotatable bonds is 5. The number of non-ortho nitro benzene ring substituents is 1. The normalized spacial score (nSPS) is 19.3. The lowest BCUT2D eigenvalue weighted by Crippen LogP contribution is -2.31. The van der Waals surface area contributed by atoms with E-state index < -0.39 is 4.92 Å². The minimum absolute atomic E-state index is 0.0271. The molecule has 2 aromatic rings. The first-order valence-electron chi connectivity index (χ1n) is 10.1. The molecule has 1 saturated heterocycles. The third kappa shape index (κ3) is 3.98. The van der Waals surface area contributed by atoms with Gasteiger partial charge in [-0.05, 0) is 48.9 Å². The van der Waals surface area contributed by atoms with Crippen LogP contribution in [-0.4, -0.2) is 34.0 Å². The van der Waals surface area contributed by atoms with E-state index in [1.807, 2.05) is 31.2 Å². The molecule has 0 spiro atoms. The molecule has 2 aliphatic rings. The van der Waals surface area contributed by atoms with E-state index in [1.54, 1.807) is 17.0 Å². The first-order valence-corrected chi connectivity index (χ1v) is 11.0. The van der Waals surface area contributed by atoms with Gasteiger partial charge in [-0.15, -0.1) is 0 Å². The number of carbonyl (C=O) groups is 1. The molecule has 158 valence electrons. The number of hydrogen-bond acceptors (Lipinski definition) is 6. The van der Waals surface area contributed by atoms with E-state index in [0.717, 1.165) is 29.9 Å². The number of carbonyl (C=O) groups excluding carboxylic acids is 1. The van der Waals surface area contributed by atoms with Crippen LogP contribution < -0.4 is 4.90 Å². The summed E-state index contributed by atoms with van der Waals surface area (Å²) in [5.41, 5.74) is 3.45. The molecular weight excluding hydrogens is 412 g/mol. The second-order valence-corrected chi connectivity index (χ2v) is 8.06. The molecule has 7 nitrogen and oxygen atoms in total. The van der Waals surface area contributed by atoms with Crippen LogP contribution in [0.4, 0.5) is 17.1 Å². The van der Waals surface area contributed by atoms with Crippen LogP contribution in [0.15, 0.2) is 70.2 Å². The smallest absolute Gasteiger partial charge is 0.271 e. The highest BCUT2D eigenvalue weighted by Gasteiger charge is 2.36. The molecule has 4 rings (SSSR count). The summed E-state index contributed by atoms with van der Waals surface area (Å²) in [6, 6.07) is 14.2. The zero-order valence-electron chi connectivity index (χ0n) is 17.3. The third-order valence-corrected chi connectivity index (χ3v) is 6.15. The largest absolute Gasteiger partial charge is 0.340 e. The van der Waals surface area contributed by atoms with Crippen LogP contribution in [0.3, 0.4) is 0 Å². The number of nitrogens with zero attached hydrogens (tertiary/aromatic N) is 4. The van der Waals surface area contributed by atoms with Gasteiger partial charge >= 0.3 is 0 Å². The molecule has 1 amide bonds. The van der Waals surface area contributed by atoms with E-state index >= 15 is 0 Å². The Kier molecular flexibility index (Phi) is 5.90. The lowest BCUT2D eigenvalue weighted by molar-refractivity contribution is -0.384. The molecular formula is C23H22N4O3S. The van der Waals surface area contributed by atoms with Crippen LogP contribution in [0.2, 0.25) is 0 Å². The highest BCUT2D eigenvalue weighted by Crippen LogP contribution is 2.40. The first kappa shape index (κ1) is 20.9. The molecule has 8 heteroatoms. The topological polar surface area (TPSA) is 79.0 Å². The Morgan fingerprint density at radius 2 is 1.87 bits per heavy atom. The Morgan fingerprint density at radius 3 is 2.61 bits per heavy atom. The summed E-state index contributed by atoms with van der Waals surface area (Å²) in [5.74, 6) is -0.0893. The van der Waals surface area contributed by atoms with Crippen molar-refractivity contribution in [3.8, 4) is 0 Å². The van der Waals surface area contributed by atoms with Gasteiger partial charge < -0.3 is 4.90 Å². The van der Waals surface area contributed by atoms with Gasteiger partial charge in [0.05, 0.1) is 16.3 Å². The van der Waals surface area contributed by atoms with E-state index in [2.05, 4.69) is 28.9 Å². The molecule has 2 heterocycles. The van der Waals surface area contributed by atoms with Gasteiger partial charge in [0, 0.05) is 30.9 Å². The van der Waals surface area contributed by atoms with E-state index in [1.165, 1.54) is 23.9 Å². The summed E-state index contributed by atoms with van der Waals surface area (Å²) in [4.78, 5) is 33.0. The predicted octanol–water partition coefficient (Wildman–Crippen LogP) is 5.33. The highest BCUT2D eigenvalue weighted by molar-refractivity contribution is 8.18. The number of amides is 1. The average Bonchev–Trinajstić information content (AvgIpc) is 3.08. The molecule has 2 aliphatic heterocycles. The fraction of sp³-hybridized carbons (Fsp3) is 0.217.